The Morgan fingerprint density at radius 2 is 1.52 bits per heavy atom. The van der Waals surface area contributed by atoms with Crippen molar-refractivity contribution in [3.8, 4) is 11.5 Å². The van der Waals surface area contributed by atoms with Crippen LogP contribution in [0.4, 0.5) is 5.69 Å². The van der Waals surface area contributed by atoms with Crippen molar-refractivity contribution in [2.24, 2.45) is 0 Å². The Morgan fingerprint density at radius 3 is 2.15 bits per heavy atom. The lowest BCUT2D eigenvalue weighted by Gasteiger charge is -2.34. The van der Waals surface area contributed by atoms with Crippen LogP contribution in [0.1, 0.15) is 36.5 Å². The minimum atomic E-state index is -4.35. The van der Waals surface area contributed by atoms with E-state index in [-0.39, 0.29) is 35.2 Å². The van der Waals surface area contributed by atoms with Gasteiger partial charge in [0.15, 0.2) is 11.5 Å². The van der Waals surface area contributed by atoms with Gasteiger partial charge in [0.05, 0.1) is 24.8 Å². The van der Waals surface area contributed by atoms with Gasteiger partial charge in [0.1, 0.15) is 12.6 Å². The third kappa shape index (κ3) is 9.29. The molecule has 2 amide bonds. The Bertz CT molecular complexity index is 1770. The van der Waals surface area contributed by atoms with Gasteiger partial charge in [0.2, 0.25) is 11.8 Å². The van der Waals surface area contributed by atoms with E-state index in [0.29, 0.717) is 17.3 Å². The SMILES string of the molecule is CCCCNC(=O)[C@@H](Cc1ccccc1)N(Cc1ccc(C)cc1)C(=O)CN(c1ccc(Cl)cc1)S(=O)(=O)c1ccc(OC)c(OC)c1. The number of anilines is 1. The normalized spacial score (nSPS) is 11.8. The minimum Gasteiger partial charge on any atom is -0.493 e. The Labute approximate surface area is 288 Å². The molecule has 0 saturated heterocycles. The monoisotopic (exact) mass is 691 g/mol. The number of rotatable bonds is 16. The van der Waals surface area contributed by atoms with E-state index in [2.05, 4.69) is 5.32 Å². The molecule has 11 heteroatoms. The van der Waals surface area contributed by atoms with Gasteiger partial charge in [-0.3, -0.25) is 13.9 Å². The second kappa shape index (κ2) is 17.0. The van der Waals surface area contributed by atoms with Gasteiger partial charge in [0, 0.05) is 30.6 Å². The van der Waals surface area contributed by atoms with Crippen molar-refractivity contribution in [2.75, 3.05) is 31.6 Å². The van der Waals surface area contributed by atoms with Crippen molar-refractivity contribution in [3.63, 3.8) is 0 Å². The van der Waals surface area contributed by atoms with E-state index in [1.54, 1.807) is 12.1 Å². The van der Waals surface area contributed by atoms with E-state index in [1.807, 2.05) is 68.4 Å². The number of carbonyl (C=O) groups excluding carboxylic acids is 2. The van der Waals surface area contributed by atoms with Crippen LogP contribution in [-0.4, -0.2) is 58.5 Å². The van der Waals surface area contributed by atoms with Gasteiger partial charge < -0.3 is 19.7 Å². The Kier molecular flexibility index (Phi) is 12.9. The fourth-order valence-electron chi connectivity index (χ4n) is 5.19. The molecule has 1 atom stereocenters. The number of benzene rings is 4. The van der Waals surface area contributed by atoms with Gasteiger partial charge in [-0.05, 0) is 60.9 Å². The quantitative estimate of drug-likeness (QED) is 0.136. The van der Waals surface area contributed by atoms with Crippen LogP contribution in [0.5, 0.6) is 11.5 Å². The van der Waals surface area contributed by atoms with Gasteiger partial charge in [-0.2, -0.15) is 0 Å². The molecule has 0 aliphatic rings. The molecule has 0 saturated carbocycles. The van der Waals surface area contributed by atoms with Crippen LogP contribution in [0.25, 0.3) is 0 Å². The van der Waals surface area contributed by atoms with E-state index < -0.39 is 28.5 Å². The minimum absolute atomic E-state index is 0.0860. The number of ether oxygens (including phenoxy) is 2. The molecule has 0 spiro atoms. The molecule has 9 nitrogen and oxygen atoms in total. The number of amides is 2. The van der Waals surface area contributed by atoms with Crippen LogP contribution >= 0.6 is 11.6 Å². The number of sulfonamides is 1. The molecule has 0 aliphatic heterocycles. The maximum Gasteiger partial charge on any atom is 0.264 e. The summed E-state index contributed by atoms with van der Waals surface area (Å²) in [5, 5.41) is 3.40. The van der Waals surface area contributed by atoms with Gasteiger partial charge in [-0.15, -0.1) is 0 Å². The number of methoxy groups -OCH3 is 2. The van der Waals surface area contributed by atoms with Crippen LogP contribution in [0, 0.1) is 6.92 Å². The molecule has 0 aromatic heterocycles. The highest BCUT2D eigenvalue weighted by atomic mass is 35.5. The molecular weight excluding hydrogens is 650 g/mol. The first-order valence-electron chi connectivity index (χ1n) is 15.7. The molecule has 4 rings (SSSR count). The zero-order valence-corrected chi connectivity index (χ0v) is 29.3. The first-order valence-corrected chi connectivity index (χ1v) is 17.6. The number of unbranched alkanes of at least 4 members (excludes halogenated alkanes) is 1. The zero-order valence-electron chi connectivity index (χ0n) is 27.7. The summed E-state index contributed by atoms with van der Waals surface area (Å²) in [5.74, 6) is -0.295. The Morgan fingerprint density at radius 1 is 0.854 bits per heavy atom. The second-order valence-electron chi connectivity index (χ2n) is 11.4. The highest BCUT2D eigenvalue weighted by Crippen LogP contribution is 2.33. The Balaban J connectivity index is 1.80. The highest BCUT2D eigenvalue weighted by Gasteiger charge is 2.35. The Hall–Kier alpha value is -4.54. The summed E-state index contributed by atoms with van der Waals surface area (Å²) in [6, 6.07) is 26.7. The summed E-state index contributed by atoms with van der Waals surface area (Å²) >= 11 is 6.17. The molecule has 0 bridgehead atoms. The second-order valence-corrected chi connectivity index (χ2v) is 13.7. The fourth-order valence-corrected chi connectivity index (χ4v) is 6.75. The summed E-state index contributed by atoms with van der Waals surface area (Å²) in [6.07, 6.45) is 1.91. The van der Waals surface area contributed by atoms with Crippen molar-refractivity contribution in [1.82, 2.24) is 10.2 Å². The van der Waals surface area contributed by atoms with Crippen LogP contribution in [0.3, 0.4) is 0 Å². The lowest BCUT2D eigenvalue weighted by molar-refractivity contribution is -0.140. The standard InChI is InChI=1S/C37H42ClN3O6S/c1-5-6-22-39-37(43)33(23-28-10-8-7-9-11-28)40(25-29-14-12-27(2)13-15-29)36(42)26-41(31-18-16-30(38)17-19-31)48(44,45)32-20-21-34(46-3)35(24-32)47-4/h7-21,24,33H,5-6,22-23,25-26H2,1-4H3,(H,39,43)/t33-/m1/s1. The van der Waals surface area contributed by atoms with Crippen molar-refractivity contribution in [1.29, 1.82) is 0 Å². The van der Waals surface area contributed by atoms with E-state index in [1.165, 1.54) is 49.5 Å². The lowest BCUT2D eigenvalue weighted by Crippen LogP contribution is -2.53. The van der Waals surface area contributed by atoms with Crippen LogP contribution < -0.4 is 19.1 Å². The number of carbonyl (C=O) groups is 2. The number of halogens is 1. The van der Waals surface area contributed by atoms with E-state index >= 15 is 0 Å². The molecule has 0 radical (unpaired) electrons. The molecule has 0 aliphatic carbocycles. The van der Waals surface area contributed by atoms with Crippen LogP contribution in [0.15, 0.2) is 102 Å². The van der Waals surface area contributed by atoms with E-state index in [4.69, 9.17) is 21.1 Å². The number of hydrogen-bond donors (Lipinski definition) is 1. The van der Waals surface area contributed by atoms with Crippen molar-refractivity contribution in [2.45, 2.75) is 50.6 Å². The zero-order chi connectivity index (χ0) is 34.7. The maximum atomic E-state index is 14.6. The first kappa shape index (κ1) is 36.3. The predicted molar refractivity (Wildman–Crippen MR) is 189 cm³/mol. The fraction of sp³-hybridized carbons (Fsp3) is 0.297. The average molecular weight is 692 g/mol. The summed E-state index contributed by atoms with van der Waals surface area (Å²) in [4.78, 5) is 29.9. The molecular formula is C37H42ClN3O6S. The largest absolute Gasteiger partial charge is 0.493 e. The van der Waals surface area contributed by atoms with Crippen molar-refractivity contribution in [3.05, 3.63) is 119 Å². The molecule has 48 heavy (non-hydrogen) atoms. The average Bonchev–Trinajstić information content (AvgIpc) is 3.10. The first-order chi connectivity index (χ1) is 23.1. The molecule has 0 unspecified atom stereocenters. The molecule has 0 fully saturated rings. The molecule has 254 valence electrons. The number of nitrogens with zero attached hydrogens (tertiary/aromatic N) is 2. The van der Waals surface area contributed by atoms with Crippen molar-refractivity contribution >= 4 is 39.1 Å². The number of hydrogen-bond acceptors (Lipinski definition) is 6. The van der Waals surface area contributed by atoms with E-state index in [9.17, 15) is 18.0 Å². The lowest BCUT2D eigenvalue weighted by atomic mass is 10.0. The highest BCUT2D eigenvalue weighted by molar-refractivity contribution is 7.92. The van der Waals surface area contributed by atoms with Crippen LogP contribution in [-0.2, 0) is 32.6 Å². The van der Waals surface area contributed by atoms with Gasteiger partial charge in [-0.25, -0.2) is 8.42 Å². The molecule has 4 aromatic rings. The number of aryl methyl sites for hydroxylation is 1. The molecule has 4 aromatic carbocycles. The smallest absolute Gasteiger partial charge is 0.264 e. The van der Waals surface area contributed by atoms with Gasteiger partial charge in [-0.1, -0.05) is 85.1 Å². The maximum absolute atomic E-state index is 14.6. The third-order valence-electron chi connectivity index (χ3n) is 7.91. The predicted octanol–water partition coefficient (Wildman–Crippen LogP) is 6.42. The van der Waals surface area contributed by atoms with Gasteiger partial charge >= 0.3 is 0 Å². The third-order valence-corrected chi connectivity index (χ3v) is 9.93. The van der Waals surface area contributed by atoms with Crippen molar-refractivity contribution < 1.29 is 27.5 Å². The number of nitrogens with one attached hydrogen (secondary N) is 1. The summed E-state index contributed by atoms with van der Waals surface area (Å²) in [6.45, 7) is 3.96. The summed E-state index contributed by atoms with van der Waals surface area (Å²) in [7, 11) is -1.48. The van der Waals surface area contributed by atoms with Crippen LogP contribution in [0.2, 0.25) is 5.02 Å². The van der Waals surface area contributed by atoms with E-state index in [0.717, 1.165) is 33.8 Å². The summed E-state index contributed by atoms with van der Waals surface area (Å²) < 4.78 is 40.4. The molecule has 0 heterocycles. The van der Waals surface area contributed by atoms with Gasteiger partial charge in [0.25, 0.3) is 10.0 Å². The topological polar surface area (TPSA) is 105 Å². The molecule has 1 N–H and O–H groups in total. The summed E-state index contributed by atoms with van der Waals surface area (Å²) in [5.41, 5.74) is 2.94.